The largest absolute Gasteiger partial charge is 0.516 e. The molecule has 6 nitrogen and oxygen atoms in total. The first-order valence-corrected chi connectivity index (χ1v) is 6.40. The van der Waals surface area contributed by atoms with E-state index in [1.165, 1.54) is 0 Å². The molecule has 1 aliphatic rings. The van der Waals surface area contributed by atoms with Gasteiger partial charge in [0.05, 0.1) is 0 Å². The lowest BCUT2D eigenvalue weighted by molar-refractivity contribution is -0.159. The van der Waals surface area contributed by atoms with E-state index in [0.717, 1.165) is 0 Å². The Morgan fingerprint density at radius 3 is 2.47 bits per heavy atom. The number of nitrogens with one attached hydrogen (secondary N) is 1. The van der Waals surface area contributed by atoms with Crippen LogP contribution in [0.25, 0.3) is 0 Å². The standard InChI is InChI=1S/C13H21NO5/c1-5-13(8-14-7-6-9(13)15)10(16)18-11(17)19-12(2,3)4/h14H,5-8H2,1-4H3. The second-order valence-corrected chi connectivity index (χ2v) is 5.64. The van der Waals surface area contributed by atoms with Gasteiger partial charge in [0.2, 0.25) is 0 Å². The van der Waals surface area contributed by atoms with Gasteiger partial charge in [-0.2, -0.15) is 0 Å². The van der Waals surface area contributed by atoms with Gasteiger partial charge in [-0.25, -0.2) is 4.79 Å². The van der Waals surface area contributed by atoms with Crippen molar-refractivity contribution in [1.29, 1.82) is 0 Å². The average Bonchev–Trinajstić information content (AvgIpc) is 2.27. The van der Waals surface area contributed by atoms with E-state index in [9.17, 15) is 14.4 Å². The normalized spacial score (nSPS) is 23.9. The Balaban J connectivity index is 2.74. The zero-order valence-corrected chi connectivity index (χ0v) is 11.9. The summed E-state index contributed by atoms with van der Waals surface area (Å²) in [6, 6.07) is 0. The molecule has 0 saturated carbocycles. The molecule has 0 radical (unpaired) electrons. The number of hydrogen-bond donors (Lipinski definition) is 1. The molecule has 1 rings (SSSR count). The number of carbonyl (C=O) groups excluding carboxylic acids is 3. The summed E-state index contributed by atoms with van der Waals surface area (Å²) in [4.78, 5) is 35.5. The number of ether oxygens (including phenoxy) is 2. The minimum absolute atomic E-state index is 0.192. The molecule has 0 bridgehead atoms. The van der Waals surface area contributed by atoms with Gasteiger partial charge >= 0.3 is 12.1 Å². The minimum atomic E-state index is -1.27. The Morgan fingerprint density at radius 2 is 2.00 bits per heavy atom. The third kappa shape index (κ3) is 3.76. The van der Waals surface area contributed by atoms with Crippen LogP contribution in [0.5, 0.6) is 0 Å². The van der Waals surface area contributed by atoms with Crippen LogP contribution in [0.2, 0.25) is 0 Å². The van der Waals surface area contributed by atoms with Crippen molar-refractivity contribution < 1.29 is 23.9 Å². The molecule has 1 N–H and O–H groups in total. The second-order valence-electron chi connectivity index (χ2n) is 5.64. The Hall–Kier alpha value is -1.43. The molecule has 0 aromatic rings. The molecule has 1 heterocycles. The lowest BCUT2D eigenvalue weighted by Gasteiger charge is -2.32. The van der Waals surface area contributed by atoms with Crippen molar-refractivity contribution in [3.8, 4) is 0 Å². The topological polar surface area (TPSA) is 81.7 Å². The van der Waals surface area contributed by atoms with E-state index in [4.69, 9.17) is 4.74 Å². The quantitative estimate of drug-likeness (QED) is 0.604. The fraction of sp³-hybridized carbons (Fsp3) is 0.769. The van der Waals surface area contributed by atoms with Crippen LogP contribution in [-0.4, -0.2) is 36.6 Å². The molecule has 0 amide bonds. The molecule has 1 atom stereocenters. The monoisotopic (exact) mass is 271 g/mol. The second kappa shape index (κ2) is 5.69. The van der Waals surface area contributed by atoms with Gasteiger partial charge in [-0.05, 0) is 27.2 Å². The van der Waals surface area contributed by atoms with E-state index in [0.29, 0.717) is 13.0 Å². The summed E-state index contributed by atoms with van der Waals surface area (Å²) in [5.74, 6) is -1.02. The Labute approximate surface area is 112 Å². The summed E-state index contributed by atoms with van der Waals surface area (Å²) in [7, 11) is 0. The molecule has 1 aliphatic heterocycles. The zero-order chi connectivity index (χ0) is 14.7. The lowest BCUT2D eigenvalue weighted by Crippen LogP contribution is -2.53. The van der Waals surface area contributed by atoms with E-state index in [1.54, 1.807) is 27.7 Å². The number of piperidine rings is 1. The first kappa shape index (κ1) is 15.6. The summed E-state index contributed by atoms with van der Waals surface area (Å²) in [6.07, 6.45) is -0.513. The van der Waals surface area contributed by atoms with Crippen molar-refractivity contribution in [2.24, 2.45) is 5.41 Å². The molecule has 0 aliphatic carbocycles. The van der Waals surface area contributed by atoms with Crippen molar-refractivity contribution in [2.75, 3.05) is 13.1 Å². The van der Waals surface area contributed by atoms with Gasteiger partial charge in [-0.3, -0.25) is 9.59 Å². The average molecular weight is 271 g/mol. The predicted octanol–water partition coefficient (Wildman–Crippen LogP) is 1.42. The van der Waals surface area contributed by atoms with Crippen molar-refractivity contribution in [3.05, 3.63) is 0 Å². The third-order valence-electron chi connectivity index (χ3n) is 3.05. The van der Waals surface area contributed by atoms with Gasteiger partial charge in [0, 0.05) is 19.5 Å². The summed E-state index contributed by atoms with van der Waals surface area (Å²) < 4.78 is 9.58. The van der Waals surface area contributed by atoms with Gasteiger partial charge in [0.15, 0.2) is 5.78 Å². The fourth-order valence-corrected chi connectivity index (χ4v) is 1.94. The maximum Gasteiger partial charge on any atom is 0.516 e. The maximum atomic E-state index is 12.1. The Morgan fingerprint density at radius 1 is 1.37 bits per heavy atom. The number of Topliss-reactive ketones (excluding diaryl/α,β-unsaturated/α-hetero) is 1. The number of carbonyl (C=O) groups is 3. The number of hydrogen-bond acceptors (Lipinski definition) is 6. The van der Waals surface area contributed by atoms with Gasteiger partial charge in [-0.15, -0.1) is 0 Å². The zero-order valence-electron chi connectivity index (χ0n) is 11.9. The molecule has 19 heavy (non-hydrogen) atoms. The van der Waals surface area contributed by atoms with Crippen LogP contribution in [0.3, 0.4) is 0 Å². The summed E-state index contributed by atoms with van der Waals surface area (Å²) >= 11 is 0. The number of esters is 1. The van der Waals surface area contributed by atoms with Crippen molar-refractivity contribution in [1.82, 2.24) is 5.32 Å². The van der Waals surface area contributed by atoms with Gasteiger partial charge in [0.25, 0.3) is 0 Å². The van der Waals surface area contributed by atoms with E-state index in [1.807, 2.05) is 0 Å². The van der Waals surface area contributed by atoms with Crippen LogP contribution in [0, 0.1) is 5.41 Å². The molecule has 0 spiro atoms. The molecule has 1 fully saturated rings. The van der Waals surface area contributed by atoms with Gasteiger partial charge in [-0.1, -0.05) is 6.92 Å². The first-order chi connectivity index (χ1) is 8.71. The molecule has 6 heteroatoms. The van der Waals surface area contributed by atoms with Crippen molar-refractivity contribution >= 4 is 17.9 Å². The molecule has 0 aromatic heterocycles. The van der Waals surface area contributed by atoms with E-state index in [2.05, 4.69) is 10.1 Å². The molecule has 1 unspecified atom stereocenters. The number of rotatable bonds is 2. The molecular formula is C13H21NO5. The summed E-state index contributed by atoms with van der Waals surface area (Å²) in [5.41, 5.74) is -2.01. The van der Waals surface area contributed by atoms with E-state index in [-0.39, 0.29) is 18.7 Å². The lowest BCUT2D eigenvalue weighted by atomic mass is 9.77. The SMILES string of the molecule is CCC1(C(=O)OC(=O)OC(C)(C)C)CNCCC1=O. The highest BCUT2D eigenvalue weighted by molar-refractivity contribution is 6.06. The van der Waals surface area contributed by atoms with Crippen LogP contribution < -0.4 is 5.32 Å². The highest BCUT2D eigenvalue weighted by Gasteiger charge is 2.47. The predicted molar refractivity (Wildman–Crippen MR) is 67.5 cm³/mol. The first-order valence-electron chi connectivity index (χ1n) is 6.40. The molecule has 0 aromatic carbocycles. The third-order valence-corrected chi connectivity index (χ3v) is 3.05. The molecular weight excluding hydrogens is 250 g/mol. The fourth-order valence-electron chi connectivity index (χ4n) is 1.94. The summed E-state index contributed by atoms with van der Waals surface area (Å²) in [6.45, 7) is 7.47. The Bertz CT molecular complexity index is 385. The van der Waals surface area contributed by atoms with Crippen LogP contribution in [0.15, 0.2) is 0 Å². The van der Waals surface area contributed by atoms with Crippen molar-refractivity contribution in [3.63, 3.8) is 0 Å². The van der Waals surface area contributed by atoms with E-state index >= 15 is 0 Å². The molecule has 1 saturated heterocycles. The summed E-state index contributed by atoms with van der Waals surface area (Å²) in [5, 5.41) is 2.99. The van der Waals surface area contributed by atoms with Crippen LogP contribution in [0.4, 0.5) is 4.79 Å². The van der Waals surface area contributed by atoms with Crippen LogP contribution in [-0.2, 0) is 19.1 Å². The number of ketones is 1. The van der Waals surface area contributed by atoms with Crippen LogP contribution >= 0.6 is 0 Å². The Kier molecular flexibility index (Phi) is 4.68. The maximum absolute atomic E-state index is 12.1. The smallest absolute Gasteiger partial charge is 0.428 e. The van der Waals surface area contributed by atoms with Crippen LogP contribution in [0.1, 0.15) is 40.5 Å². The minimum Gasteiger partial charge on any atom is -0.428 e. The molecule has 108 valence electrons. The van der Waals surface area contributed by atoms with Crippen molar-refractivity contribution in [2.45, 2.75) is 46.1 Å². The van der Waals surface area contributed by atoms with Gasteiger partial charge < -0.3 is 14.8 Å². The highest BCUT2D eigenvalue weighted by atomic mass is 16.7. The van der Waals surface area contributed by atoms with E-state index < -0.39 is 23.1 Å². The van der Waals surface area contributed by atoms with Gasteiger partial charge in [0.1, 0.15) is 11.0 Å². The highest BCUT2D eigenvalue weighted by Crippen LogP contribution is 2.28.